The van der Waals surface area contributed by atoms with Crippen molar-refractivity contribution in [3.8, 4) is 0 Å². The number of hydrogen-bond donors (Lipinski definition) is 1. The van der Waals surface area contributed by atoms with Crippen LogP contribution >= 0.6 is 0 Å². The highest BCUT2D eigenvalue weighted by Gasteiger charge is 2.40. The molecule has 1 fully saturated rings. The fourth-order valence-corrected chi connectivity index (χ4v) is 2.41. The maximum Gasteiger partial charge on any atom is 0.320 e. The largest absolute Gasteiger partial charge is 0.481 e. The topological polar surface area (TPSA) is 60.9 Å². The molecule has 1 atom stereocenters. The van der Waals surface area contributed by atoms with E-state index in [4.69, 9.17) is 0 Å². The van der Waals surface area contributed by atoms with Crippen LogP contribution in [-0.4, -0.2) is 52.6 Å². The summed E-state index contributed by atoms with van der Waals surface area (Å²) < 4.78 is 0. The molecule has 0 bridgehead atoms. The Balaban J connectivity index is 2.81. The minimum atomic E-state index is -0.829. The van der Waals surface area contributed by atoms with E-state index < -0.39 is 11.4 Å². The Bertz CT molecular complexity index is 368. The fourth-order valence-electron chi connectivity index (χ4n) is 2.41. The standard InChI is InChI=1S/C14H24N2O3/c1-5-8-16(11(2)3)13(19)15-9-6-7-14(4,10-15)12(17)18/h5,11H,1,6-10H2,2-4H3,(H,17,18). The fraction of sp³-hybridized carbons (Fsp3) is 0.714. The lowest BCUT2D eigenvalue weighted by atomic mass is 9.82. The molecule has 1 aliphatic rings. The highest BCUT2D eigenvalue weighted by molar-refractivity contribution is 5.78. The van der Waals surface area contributed by atoms with Gasteiger partial charge in [-0.2, -0.15) is 0 Å². The summed E-state index contributed by atoms with van der Waals surface area (Å²) in [6.45, 7) is 10.7. The third kappa shape index (κ3) is 3.49. The molecule has 0 aromatic heterocycles. The number of piperidine rings is 1. The predicted octanol–water partition coefficient (Wildman–Crippen LogP) is 2.19. The van der Waals surface area contributed by atoms with Crippen LogP contribution in [0.4, 0.5) is 4.79 Å². The zero-order valence-electron chi connectivity index (χ0n) is 12.1. The van der Waals surface area contributed by atoms with Gasteiger partial charge < -0.3 is 14.9 Å². The number of carboxylic acids is 1. The van der Waals surface area contributed by atoms with Gasteiger partial charge in [-0.05, 0) is 33.6 Å². The van der Waals surface area contributed by atoms with Crippen LogP contribution in [0.5, 0.6) is 0 Å². The van der Waals surface area contributed by atoms with Gasteiger partial charge in [0, 0.05) is 25.7 Å². The molecule has 19 heavy (non-hydrogen) atoms. The van der Waals surface area contributed by atoms with Crippen molar-refractivity contribution in [2.24, 2.45) is 5.41 Å². The Morgan fingerprint density at radius 2 is 2.16 bits per heavy atom. The average molecular weight is 268 g/mol. The molecule has 0 aliphatic carbocycles. The van der Waals surface area contributed by atoms with Crippen molar-refractivity contribution in [3.63, 3.8) is 0 Å². The molecule has 5 heteroatoms. The third-order valence-corrected chi connectivity index (χ3v) is 3.68. The SMILES string of the molecule is C=CCN(C(=O)N1CCCC(C)(C(=O)O)C1)C(C)C. The number of aliphatic carboxylic acids is 1. The summed E-state index contributed by atoms with van der Waals surface area (Å²) in [5.41, 5.74) is -0.829. The summed E-state index contributed by atoms with van der Waals surface area (Å²) >= 11 is 0. The van der Waals surface area contributed by atoms with Gasteiger partial charge in [0.1, 0.15) is 0 Å². The molecule has 1 saturated heterocycles. The van der Waals surface area contributed by atoms with E-state index in [9.17, 15) is 14.7 Å². The van der Waals surface area contributed by atoms with E-state index in [1.54, 1.807) is 22.8 Å². The van der Waals surface area contributed by atoms with Crippen LogP contribution in [0.15, 0.2) is 12.7 Å². The van der Waals surface area contributed by atoms with Crippen molar-refractivity contribution < 1.29 is 14.7 Å². The number of hydrogen-bond acceptors (Lipinski definition) is 2. The van der Waals surface area contributed by atoms with Crippen LogP contribution in [0.2, 0.25) is 0 Å². The van der Waals surface area contributed by atoms with Crippen molar-refractivity contribution >= 4 is 12.0 Å². The quantitative estimate of drug-likeness (QED) is 0.795. The van der Waals surface area contributed by atoms with E-state index in [0.717, 1.165) is 6.42 Å². The van der Waals surface area contributed by atoms with Crippen molar-refractivity contribution in [2.45, 2.75) is 39.7 Å². The predicted molar refractivity (Wildman–Crippen MR) is 74.0 cm³/mol. The van der Waals surface area contributed by atoms with Gasteiger partial charge in [0.2, 0.25) is 0 Å². The molecule has 1 N–H and O–H groups in total. The summed E-state index contributed by atoms with van der Waals surface area (Å²) in [6.07, 6.45) is 3.04. The van der Waals surface area contributed by atoms with E-state index in [1.807, 2.05) is 13.8 Å². The summed E-state index contributed by atoms with van der Waals surface area (Å²) in [6, 6.07) is -0.0226. The maximum absolute atomic E-state index is 12.5. The van der Waals surface area contributed by atoms with Crippen LogP contribution < -0.4 is 0 Å². The molecule has 5 nitrogen and oxygen atoms in total. The molecule has 1 unspecified atom stereocenters. The van der Waals surface area contributed by atoms with Gasteiger partial charge in [-0.3, -0.25) is 4.79 Å². The summed E-state index contributed by atoms with van der Waals surface area (Å²) in [7, 11) is 0. The van der Waals surface area contributed by atoms with E-state index in [-0.39, 0.29) is 18.6 Å². The molecule has 0 spiro atoms. The Morgan fingerprint density at radius 1 is 1.53 bits per heavy atom. The number of carbonyl (C=O) groups excluding carboxylic acids is 1. The van der Waals surface area contributed by atoms with Crippen LogP contribution in [0.25, 0.3) is 0 Å². The first-order chi connectivity index (χ1) is 8.81. The molecule has 0 saturated carbocycles. The average Bonchev–Trinajstić information content (AvgIpc) is 2.34. The van der Waals surface area contributed by atoms with Crippen LogP contribution in [0.1, 0.15) is 33.6 Å². The van der Waals surface area contributed by atoms with Crippen LogP contribution in [0.3, 0.4) is 0 Å². The minimum Gasteiger partial charge on any atom is -0.481 e. The van der Waals surface area contributed by atoms with E-state index in [0.29, 0.717) is 19.5 Å². The lowest BCUT2D eigenvalue weighted by molar-refractivity contribution is -0.150. The van der Waals surface area contributed by atoms with Gasteiger partial charge in [-0.15, -0.1) is 6.58 Å². The molecule has 1 aliphatic heterocycles. The number of rotatable bonds is 4. The van der Waals surface area contributed by atoms with Crippen LogP contribution in [0, 0.1) is 5.41 Å². The van der Waals surface area contributed by atoms with Gasteiger partial charge in [0.15, 0.2) is 0 Å². The van der Waals surface area contributed by atoms with Gasteiger partial charge in [0.05, 0.1) is 5.41 Å². The normalized spacial score (nSPS) is 23.3. The number of amides is 2. The second-order valence-corrected chi connectivity index (χ2v) is 5.71. The zero-order chi connectivity index (χ0) is 14.6. The molecule has 1 heterocycles. The summed E-state index contributed by atoms with van der Waals surface area (Å²) in [5, 5.41) is 9.28. The first-order valence-corrected chi connectivity index (χ1v) is 6.71. The monoisotopic (exact) mass is 268 g/mol. The summed E-state index contributed by atoms with van der Waals surface area (Å²) in [4.78, 5) is 27.1. The lowest BCUT2D eigenvalue weighted by Gasteiger charge is -2.40. The first kappa shape index (κ1) is 15.5. The molecule has 0 aromatic carbocycles. The first-order valence-electron chi connectivity index (χ1n) is 6.71. The molecule has 2 amide bonds. The van der Waals surface area contributed by atoms with Crippen molar-refractivity contribution in [2.75, 3.05) is 19.6 Å². The van der Waals surface area contributed by atoms with E-state index >= 15 is 0 Å². The minimum absolute atomic E-state index is 0.0727. The van der Waals surface area contributed by atoms with Gasteiger partial charge in [-0.1, -0.05) is 6.08 Å². The number of urea groups is 1. The van der Waals surface area contributed by atoms with Crippen molar-refractivity contribution in [1.29, 1.82) is 0 Å². The molecular weight excluding hydrogens is 244 g/mol. The van der Waals surface area contributed by atoms with E-state index in [2.05, 4.69) is 6.58 Å². The number of carboxylic acid groups (broad SMARTS) is 1. The number of likely N-dealkylation sites (tertiary alicyclic amines) is 1. The molecule has 0 aromatic rings. The Morgan fingerprint density at radius 3 is 2.63 bits per heavy atom. The third-order valence-electron chi connectivity index (χ3n) is 3.68. The smallest absolute Gasteiger partial charge is 0.320 e. The zero-order valence-corrected chi connectivity index (χ0v) is 12.1. The lowest BCUT2D eigenvalue weighted by Crippen LogP contribution is -2.53. The van der Waals surface area contributed by atoms with E-state index in [1.165, 1.54) is 0 Å². The maximum atomic E-state index is 12.5. The molecule has 1 rings (SSSR count). The Labute approximate surface area is 114 Å². The molecule has 108 valence electrons. The summed E-state index contributed by atoms with van der Waals surface area (Å²) in [5.74, 6) is -0.829. The second-order valence-electron chi connectivity index (χ2n) is 5.71. The van der Waals surface area contributed by atoms with Gasteiger partial charge in [-0.25, -0.2) is 4.79 Å². The molecular formula is C14H24N2O3. The highest BCUT2D eigenvalue weighted by atomic mass is 16.4. The Kier molecular flexibility index (Phi) is 4.97. The van der Waals surface area contributed by atoms with Crippen molar-refractivity contribution in [1.82, 2.24) is 9.80 Å². The van der Waals surface area contributed by atoms with Gasteiger partial charge >= 0.3 is 12.0 Å². The number of carbonyl (C=O) groups is 2. The van der Waals surface area contributed by atoms with Gasteiger partial charge in [0.25, 0.3) is 0 Å². The number of nitrogens with zero attached hydrogens (tertiary/aromatic N) is 2. The second kappa shape index (κ2) is 6.08. The molecule has 0 radical (unpaired) electrons. The van der Waals surface area contributed by atoms with Crippen molar-refractivity contribution in [3.05, 3.63) is 12.7 Å². The Hall–Kier alpha value is -1.52. The highest BCUT2D eigenvalue weighted by Crippen LogP contribution is 2.30. The van der Waals surface area contributed by atoms with Crippen LogP contribution in [-0.2, 0) is 4.79 Å².